The molecule has 2 aromatic rings. The average Bonchev–Trinajstić information content (AvgIpc) is 3.39. The number of anilines is 1. The Bertz CT molecular complexity index is 975. The van der Waals surface area contributed by atoms with Crippen molar-refractivity contribution in [2.24, 2.45) is 5.41 Å². The zero-order valence-electron chi connectivity index (χ0n) is 17.5. The van der Waals surface area contributed by atoms with Crippen LogP contribution in [0.1, 0.15) is 44.8 Å². The molecular weight excluding hydrogens is 462 g/mol. The molecule has 0 aromatic carbocycles. The number of halogens is 1. The molecule has 2 aromatic heterocycles. The largest absolute Gasteiger partial charge is 0.387 e. The minimum Gasteiger partial charge on any atom is -0.387 e. The number of allylic oxidation sites excluding steroid dienone is 1. The van der Waals surface area contributed by atoms with Crippen molar-refractivity contribution in [2.75, 3.05) is 25.4 Å². The minimum absolute atomic E-state index is 0.348. The number of aliphatic hydroxyl groups excluding tert-OH is 2. The molecule has 8 nitrogen and oxygen atoms in total. The van der Waals surface area contributed by atoms with Gasteiger partial charge in [0, 0.05) is 17.2 Å². The summed E-state index contributed by atoms with van der Waals surface area (Å²) in [5, 5.41) is 21.8. The number of fused-ring (bicyclic) bond motifs is 1. The topological polar surface area (TPSA) is 110 Å². The number of hydrogen-bond acceptors (Lipinski definition) is 7. The standard InChI is InChI=1S/C22H30BrN5O3/c23-14-11-28(20-16(14)19(24)25-13-26-20)21-18(30)17(29)15(31-21)5-2-1-3-9-27-10-8-22(12-27)6-4-7-22/h2,5,11,13,15,17-18,21,29-30H,1,3-4,6-10,12H2,(H2,24,25,26)/b5-2+/t15-,17-,18-,21-/m1/s1. The highest BCUT2D eigenvalue weighted by molar-refractivity contribution is 9.10. The molecule has 2 aliphatic heterocycles. The number of ether oxygens (including phenoxy) is 1. The molecule has 2 saturated heterocycles. The van der Waals surface area contributed by atoms with Gasteiger partial charge < -0.3 is 30.2 Å². The van der Waals surface area contributed by atoms with Gasteiger partial charge in [-0.15, -0.1) is 0 Å². The Morgan fingerprint density at radius 2 is 2.10 bits per heavy atom. The first kappa shape index (κ1) is 21.3. The molecule has 168 valence electrons. The van der Waals surface area contributed by atoms with Crippen molar-refractivity contribution in [3.63, 3.8) is 0 Å². The smallest absolute Gasteiger partial charge is 0.164 e. The second-order valence-electron chi connectivity index (χ2n) is 9.26. The molecule has 0 unspecified atom stereocenters. The first-order chi connectivity index (χ1) is 15.0. The van der Waals surface area contributed by atoms with Crippen LogP contribution in [0.3, 0.4) is 0 Å². The summed E-state index contributed by atoms with van der Waals surface area (Å²) in [4.78, 5) is 10.9. The summed E-state index contributed by atoms with van der Waals surface area (Å²) in [6.07, 6.45) is 11.3. The fraction of sp³-hybridized carbons (Fsp3) is 0.636. The summed E-state index contributed by atoms with van der Waals surface area (Å²) < 4.78 is 8.42. The van der Waals surface area contributed by atoms with Crippen molar-refractivity contribution >= 4 is 32.8 Å². The van der Waals surface area contributed by atoms with Gasteiger partial charge in [-0.3, -0.25) is 0 Å². The highest BCUT2D eigenvalue weighted by Gasteiger charge is 2.43. The zero-order valence-corrected chi connectivity index (χ0v) is 19.1. The van der Waals surface area contributed by atoms with Gasteiger partial charge in [-0.2, -0.15) is 0 Å². The van der Waals surface area contributed by atoms with Crippen molar-refractivity contribution in [1.29, 1.82) is 0 Å². The van der Waals surface area contributed by atoms with E-state index in [0.29, 0.717) is 22.3 Å². The first-order valence-corrected chi connectivity index (χ1v) is 11.9. The first-order valence-electron chi connectivity index (χ1n) is 11.1. The van der Waals surface area contributed by atoms with Crippen molar-refractivity contribution in [3.05, 3.63) is 29.1 Å². The molecule has 4 atom stereocenters. The fourth-order valence-electron chi connectivity index (χ4n) is 5.30. The maximum atomic E-state index is 10.6. The maximum Gasteiger partial charge on any atom is 0.164 e. The molecule has 4 N–H and O–H groups in total. The van der Waals surface area contributed by atoms with Crippen LogP contribution in [0.2, 0.25) is 0 Å². The van der Waals surface area contributed by atoms with Gasteiger partial charge in [0.25, 0.3) is 0 Å². The van der Waals surface area contributed by atoms with E-state index in [9.17, 15) is 10.2 Å². The molecule has 9 heteroatoms. The van der Waals surface area contributed by atoms with Crippen LogP contribution < -0.4 is 5.73 Å². The van der Waals surface area contributed by atoms with Crippen molar-refractivity contribution in [2.45, 2.75) is 63.1 Å². The number of aromatic nitrogens is 3. The second-order valence-corrected chi connectivity index (χ2v) is 10.1. The normalized spacial score (nSPS) is 30.7. The molecule has 3 fully saturated rings. The van der Waals surface area contributed by atoms with Crippen LogP contribution in [0.15, 0.2) is 29.1 Å². The SMILES string of the molecule is Nc1ncnc2c1c(Br)cn2[C@@H]1O[C@H](/C=C/CCCN2CCC3(CCC3)C2)[C@@H](O)[C@H]1O. The third kappa shape index (κ3) is 3.91. The van der Waals surface area contributed by atoms with Crippen LogP contribution in [-0.2, 0) is 4.74 Å². The number of unbranched alkanes of at least 4 members (excludes halogenated alkanes) is 1. The molecule has 0 radical (unpaired) electrons. The minimum atomic E-state index is -1.07. The lowest BCUT2D eigenvalue weighted by molar-refractivity contribution is -0.0242. The van der Waals surface area contributed by atoms with Crippen molar-refractivity contribution in [3.8, 4) is 0 Å². The predicted octanol–water partition coefficient (Wildman–Crippen LogP) is 2.61. The van der Waals surface area contributed by atoms with E-state index < -0.39 is 24.5 Å². The van der Waals surface area contributed by atoms with Gasteiger partial charge in [0.15, 0.2) is 6.23 Å². The van der Waals surface area contributed by atoms with E-state index in [1.54, 1.807) is 10.8 Å². The number of rotatable bonds is 6. The van der Waals surface area contributed by atoms with E-state index >= 15 is 0 Å². The highest BCUT2D eigenvalue weighted by atomic mass is 79.9. The second kappa shape index (κ2) is 8.44. The molecular formula is C22H30BrN5O3. The van der Waals surface area contributed by atoms with E-state index in [-0.39, 0.29) is 0 Å². The lowest BCUT2D eigenvalue weighted by atomic mass is 9.68. The summed E-state index contributed by atoms with van der Waals surface area (Å²) >= 11 is 3.47. The van der Waals surface area contributed by atoms with Crippen LogP contribution in [0.4, 0.5) is 5.82 Å². The van der Waals surface area contributed by atoms with Crippen LogP contribution >= 0.6 is 15.9 Å². The van der Waals surface area contributed by atoms with Crippen molar-refractivity contribution in [1.82, 2.24) is 19.4 Å². The third-order valence-corrected chi connectivity index (χ3v) is 7.85. The lowest BCUT2D eigenvalue weighted by Gasteiger charge is -2.38. The number of hydrogen-bond donors (Lipinski definition) is 3. The summed E-state index contributed by atoms with van der Waals surface area (Å²) in [5.41, 5.74) is 7.16. The summed E-state index contributed by atoms with van der Waals surface area (Å²) in [6, 6.07) is 0. The van der Waals surface area contributed by atoms with Gasteiger partial charge in [0.1, 0.15) is 36.1 Å². The molecule has 1 aliphatic carbocycles. The number of nitrogen functional groups attached to an aromatic ring is 1. The van der Waals surface area contributed by atoms with Crippen LogP contribution in [-0.4, -0.2) is 67.6 Å². The Labute approximate surface area is 190 Å². The number of likely N-dealkylation sites (tertiary alicyclic amines) is 1. The Morgan fingerprint density at radius 3 is 2.84 bits per heavy atom. The Hall–Kier alpha value is -1.52. The molecule has 4 heterocycles. The Morgan fingerprint density at radius 1 is 1.26 bits per heavy atom. The Balaban J connectivity index is 1.18. The van der Waals surface area contributed by atoms with Gasteiger partial charge in [0.05, 0.1) is 5.39 Å². The quantitative estimate of drug-likeness (QED) is 0.420. The van der Waals surface area contributed by atoms with Crippen LogP contribution in [0, 0.1) is 5.41 Å². The molecule has 0 amide bonds. The van der Waals surface area contributed by atoms with Gasteiger partial charge in [0.2, 0.25) is 0 Å². The number of nitrogens with two attached hydrogens (primary N) is 1. The van der Waals surface area contributed by atoms with E-state index in [4.69, 9.17) is 10.5 Å². The number of nitrogens with zero attached hydrogens (tertiary/aromatic N) is 4. The number of aliphatic hydroxyl groups is 2. The average molecular weight is 492 g/mol. The maximum absolute atomic E-state index is 10.6. The fourth-order valence-corrected chi connectivity index (χ4v) is 5.90. The van der Waals surface area contributed by atoms with Gasteiger partial charge in [-0.05, 0) is 66.5 Å². The van der Waals surface area contributed by atoms with Gasteiger partial charge in [-0.1, -0.05) is 18.6 Å². The monoisotopic (exact) mass is 491 g/mol. The third-order valence-electron chi connectivity index (χ3n) is 7.24. The van der Waals surface area contributed by atoms with E-state index in [1.165, 1.54) is 45.1 Å². The molecule has 0 bridgehead atoms. The Kier molecular flexibility index (Phi) is 5.81. The highest BCUT2D eigenvalue weighted by Crippen LogP contribution is 2.47. The van der Waals surface area contributed by atoms with Gasteiger partial charge >= 0.3 is 0 Å². The lowest BCUT2D eigenvalue weighted by Crippen LogP contribution is -2.33. The zero-order chi connectivity index (χ0) is 21.6. The van der Waals surface area contributed by atoms with E-state index in [1.807, 2.05) is 6.08 Å². The summed E-state index contributed by atoms with van der Waals surface area (Å²) in [5.74, 6) is 0.348. The predicted molar refractivity (Wildman–Crippen MR) is 121 cm³/mol. The van der Waals surface area contributed by atoms with Crippen molar-refractivity contribution < 1.29 is 14.9 Å². The molecule has 1 saturated carbocycles. The molecule has 3 aliphatic rings. The molecule has 1 spiro atoms. The molecule has 31 heavy (non-hydrogen) atoms. The summed E-state index contributed by atoms with van der Waals surface area (Å²) in [7, 11) is 0. The van der Waals surface area contributed by atoms with E-state index in [0.717, 1.165) is 23.9 Å². The van der Waals surface area contributed by atoms with Gasteiger partial charge in [-0.25, -0.2) is 9.97 Å². The van der Waals surface area contributed by atoms with E-state index in [2.05, 4.69) is 36.9 Å². The van der Waals surface area contributed by atoms with Crippen LogP contribution in [0.25, 0.3) is 11.0 Å². The van der Waals surface area contributed by atoms with Crippen LogP contribution in [0.5, 0.6) is 0 Å². The summed E-state index contributed by atoms with van der Waals surface area (Å²) in [6.45, 7) is 3.62. The molecule has 5 rings (SSSR count).